The molecule has 3 nitrogen and oxygen atoms in total. The summed E-state index contributed by atoms with van der Waals surface area (Å²) in [7, 11) is 0. The van der Waals surface area contributed by atoms with Crippen LogP contribution in [0.2, 0.25) is 0 Å². The summed E-state index contributed by atoms with van der Waals surface area (Å²) in [4.78, 5) is 16.7. The maximum atomic E-state index is 13.5. The highest BCUT2D eigenvalue weighted by atomic mass is 35.5. The zero-order valence-corrected chi connectivity index (χ0v) is 17.6. The molecular weight excluding hydrogens is 392 g/mol. The minimum Gasteiger partial charge on any atom is -0.371 e. The van der Waals surface area contributed by atoms with Crippen LogP contribution in [0.25, 0.3) is 0 Å². The number of β-lactam (4-membered cyclic amide) rings is 1. The molecule has 0 aromatic heterocycles. The molecule has 0 radical (unpaired) electrons. The largest absolute Gasteiger partial charge is 0.371 e. The van der Waals surface area contributed by atoms with E-state index in [4.69, 9.17) is 11.6 Å². The zero-order chi connectivity index (χ0) is 20.6. The van der Waals surface area contributed by atoms with Crippen molar-refractivity contribution in [2.45, 2.75) is 30.2 Å². The number of halogens is 1. The van der Waals surface area contributed by atoms with Crippen molar-refractivity contribution < 1.29 is 4.79 Å². The first kappa shape index (κ1) is 19.2. The first-order valence-corrected chi connectivity index (χ1v) is 11.1. The highest BCUT2D eigenvalue weighted by Crippen LogP contribution is 2.57. The second-order valence-electron chi connectivity index (χ2n) is 8.10. The van der Waals surface area contributed by atoms with E-state index in [1.54, 1.807) is 0 Å². The second kappa shape index (κ2) is 7.81. The van der Waals surface area contributed by atoms with Crippen molar-refractivity contribution in [2.75, 3.05) is 22.9 Å². The Morgan fingerprint density at radius 2 is 1.37 bits per heavy atom. The monoisotopic (exact) mass is 416 g/mol. The van der Waals surface area contributed by atoms with E-state index in [1.807, 2.05) is 65.6 Å². The SMILES string of the molecule is O=C1N(c2ccccc2)C(c2ccccc2N2CCCCC2)C1(Cl)c1ccccc1. The summed E-state index contributed by atoms with van der Waals surface area (Å²) in [6.07, 6.45) is 3.68. The topological polar surface area (TPSA) is 23.6 Å². The minimum absolute atomic E-state index is 0.0694. The van der Waals surface area contributed by atoms with Gasteiger partial charge in [0.25, 0.3) is 5.91 Å². The van der Waals surface area contributed by atoms with Crippen LogP contribution < -0.4 is 9.80 Å². The number of amides is 1. The molecule has 0 spiro atoms. The molecule has 2 fully saturated rings. The minimum atomic E-state index is -1.11. The van der Waals surface area contributed by atoms with Crippen LogP contribution in [-0.2, 0) is 9.67 Å². The van der Waals surface area contributed by atoms with Crippen molar-refractivity contribution in [1.82, 2.24) is 0 Å². The van der Waals surface area contributed by atoms with E-state index in [9.17, 15) is 4.79 Å². The number of benzene rings is 3. The zero-order valence-electron chi connectivity index (χ0n) is 16.9. The number of rotatable bonds is 4. The Bertz CT molecular complexity index is 1030. The Kier molecular flexibility index (Phi) is 5.00. The Hall–Kier alpha value is -2.78. The molecule has 152 valence electrons. The van der Waals surface area contributed by atoms with Crippen LogP contribution in [0, 0.1) is 0 Å². The molecule has 3 aromatic rings. The average Bonchev–Trinajstić information content (AvgIpc) is 2.83. The van der Waals surface area contributed by atoms with Gasteiger partial charge in [-0.1, -0.05) is 66.7 Å². The van der Waals surface area contributed by atoms with Crippen LogP contribution in [-0.4, -0.2) is 19.0 Å². The lowest BCUT2D eigenvalue weighted by Crippen LogP contribution is -2.64. The van der Waals surface area contributed by atoms with Gasteiger partial charge in [-0.05, 0) is 43.0 Å². The quantitative estimate of drug-likeness (QED) is 0.390. The molecule has 1 amide bonds. The molecule has 0 bridgehead atoms. The van der Waals surface area contributed by atoms with E-state index in [2.05, 4.69) is 29.2 Å². The predicted octanol–water partition coefficient (Wildman–Crippen LogP) is 5.90. The van der Waals surface area contributed by atoms with Crippen LogP contribution in [0.15, 0.2) is 84.9 Å². The molecule has 30 heavy (non-hydrogen) atoms. The number of carbonyl (C=O) groups excluding carboxylic acids is 1. The molecule has 2 atom stereocenters. The van der Waals surface area contributed by atoms with Crippen molar-refractivity contribution in [3.8, 4) is 0 Å². The summed E-state index contributed by atoms with van der Waals surface area (Å²) >= 11 is 7.23. The third-order valence-electron chi connectivity index (χ3n) is 6.32. The van der Waals surface area contributed by atoms with E-state index >= 15 is 0 Å². The summed E-state index contributed by atoms with van der Waals surface area (Å²) in [6.45, 7) is 2.09. The molecule has 2 unspecified atom stereocenters. The van der Waals surface area contributed by atoms with Crippen molar-refractivity contribution >= 4 is 28.9 Å². The van der Waals surface area contributed by atoms with Crippen molar-refractivity contribution in [3.63, 3.8) is 0 Å². The highest BCUT2D eigenvalue weighted by Gasteiger charge is 2.62. The van der Waals surface area contributed by atoms with Crippen LogP contribution in [0.1, 0.15) is 36.4 Å². The third kappa shape index (κ3) is 3.00. The second-order valence-corrected chi connectivity index (χ2v) is 8.69. The standard InChI is InChI=1S/C26H25ClN2O/c27-26(20-12-4-1-5-13-20)24(29(25(26)30)21-14-6-2-7-15-21)22-16-8-9-17-23(22)28-18-10-3-11-19-28/h1-2,4-9,12-17,24H,3,10-11,18-19H2. The highest BCUT2D eigenvalue weighted by molar-refractivity contribution is 6.41. The summed E-state index contributed by atoms with van der Waals surface area (Å²) in [5.74, 6) is -0.0694. The van der Waals surface area contributed by atoms with Gasteiger partial charge in [0, 0.05) is 30.0 Å². The van der Waals surface area contributed by atoms with Gasteiger partial charge in [0.05, 0.1) is 6.04 Å². The Morgan fingerprint density at radius 3 is 2.07 bits per heavy atom. The first-order chi connectivity index (χ1) is 14.7. The fourth-order valence-electron chi connectivity index (χ4n) is 4.83. The smallest absolute Gasteiger partial charge is 0.255 e. The molecule has 0 aliphatic carbocycles. The lowest BCUT2D eigenvalue weighted by atomic mass is 9.75. The van der Waals surface area contributed by atoms with Gasteiger partial charge in [0.2, 0.25) is 0 Å². The summed E-state index contributed by atoms with van der Waals surface area (Å²) in [5.41, 5.74) is 4.04. The summed E-state index contributed by atoms with van der Waals surface area (Å²) < 4.78 is 0. The van der Waals surface area contributed by atoms with E-state index in [0.717, 1.165) is 29.9 Å². The van der Waals surface area contributed by atoms with Crippen molar-refractivity contribution in [1.29, 1.82) is 0 Å². The molecule has 5 rings (SSSR count). The number of hydrogen-bond donors (Lipinski definition) is 0. The number of piperidine rings is 1. The molecule has 0 N–H and O–H groups in total. The van der Waals surface area contributed by atoms with Crippen molar-refractivity contribution in [3.05, 3.63) is 96.1 Å². The maximum absolute atomic E-state index is 13.5. The van der Waals surface area contributed by atoms with Gasteiger partial charge >= 0.3 is 0 Å². The lowest BCUT2D eigenvalue weighted by molar-refractivity contribution is -0.128. The molecule has 0 saturated carbocycles. The summed E-state index contributed by atoms with van der Waals surface area (Å²) in [6, 6.07) is 27.8. The van der Waals surface area contributed by atoms with E-state index in [0.29, 0.717) is 0 Å². The Labute approximate surface area is 182 Å². The lowest BCUT2D eigenvalue weighted by Gasteiger charge is -2.54. The van der Waals surface area contributed by atoms with Gasteiger partial charge in [-0.3, -0.25) is 4.79 Å². The van der Waals surface area contributed by atoms with Crippen molar-refractivity contribution in [2.24, 2.45) is 0 Å². The van der Waals surface area contributed by atoms with Crippen LogP contribution in [0.3, 0.4) is 0 Å². The third-order valence-corrected chi connectivity index (χ3v) is 6.91. The molecule has 2 heterocycles. The Balaban J connectivity index is 1.65. The van der Waals surface area contributed by atoms with Crippen LogP contribution in [0.5, 0.6) is 0 Å². The van der Waals surface area contributed by atoms with Crippen LogP contribution in [0.4, 0.5) is 11.4 Å². The van der Waals surface area contributed by atoms with Gasteiger partial charge in [0.1, 0.15) is 0 Å². The Morgan fingerprint density at radius 1 is 0.767 bits per heavy atom. The van der Waals surface area contributed by atoms with E-state index in [-0.39, 0.29) is 11.9 Å². The number of alkyl halides is 1. The molecule has 4 heteroatoms. The molecule has 2 aliphatic rings. The van der Waals surface area contributed by atoms with Gasteiger partial charge in [-0.15, -0.1) is 11.6 Å². The average molecular weight is 417 g/mol. The summed E-state index contributed by atoms with van der Waals surface area (Å²) in [5, 5.41) is 0. The number of para-hydroxylation sites is 2. The van der Waals surface area contributed by atoms with Crippen LogP contribution >= 0.6 is 11.6 Å². The van der Waals surface area contributed by atoms with E-state index in [1.165, 1.54) is 24.9 Å². The first-order valence-electron chi connectivity index (χ1n) is 10.7. The molecule has 2 saturated heterocycles. The maximum Gasteiger partial charge on any atom is 0.255 e. The van der Waals surface area contributed by atoms with E-state index < -0.39 is 4.87 Å². The number of hydrogen-bond acceptors (Lipinski definition) is 2. The normalized spacial score (nSPS) is 23.9. The molecular formula is C26H25ClN2O. The van der Waals surface area contributed by atoms with Gasteiger partial charge in [-0.25, -0.2) is 0 Å². The van der Waals surface area contributed by atoms with Gasteiger partial charge in [0.15, 0.2) is 4.87 Å². The fourth-order valence-corrected chi connectivity index (χ4v) is 5.27. The van der Waals surface area contributed by atoms with Gasteiger partial charge < -0.3 is 9.80 Å². The molecule has 3 aromatic carbocycles. The fraction of sp³-hybridized carbons (Fsp3) is 0.269. The molecule has 2 aliphatic heterocycles. The number of anilines is 2. The predicted molar refractivity (Wildman–Crippen MR) is 123 cm³/mol. The number of carbonyl (C=O) groups is 1. The number of nitrogens with zero attached hydrogens (tertiary/aromatic N) is 2. The van der Waals surface area contributed by atoms with Gasteiger partial charge in [-0.2, -0.15) is 0 Å².